The van der Waals surface area contributed by atoms with Gasteiger partial charge in [-0.1, -0.05) is 11.6 Å². The molecule has 0 aromatic heterocycles. The lowest BCUT2D eigenvalue weighted by Gasteiger charge is -2.20. The van der Waals surface area contributed by atoms with Crippen LogP contribution in [0.1, 0.15) is 19.8 Å². The summed E-state index contributed by atoms with van der Waals surface area (Å²) in [6.07, 6.45) is 4.11. The van der Waals surface area contributed by atoms with Gasteiger partial charge in [0.05, 0.1) is 13.2 Å². The maximum atomic E-state index is 5.50. The smallest absolute Gasteiger partial charge is 0.175 e. The van der Waals surface area contributed by atoms with Crippen LogP contribution in [-0.4, -0.2) is 19.0 Å². The first-order chi connectivity index (χ1) is 4.81. The second kappa shape index (κ2) is 2.07. The molecule has 1 heterocycles. The van der Waals surface area contributed by atoms with Crippen LogP contribution in [0.2, 0.25) is 0 Å². The van der Waals surface area contributed by atoms with Crippen LogP contribution in [0.5, 0.6) is 0 Å². The van der Waals surface area contributed by atoms with Crippen LogP contribution in [0.3, 0.4) is 0 Å². The van der Waals surface area contributed by atoms with Crippen molar-refractivity contribution < 1.29 is 9.47 Å². The largest absolute Gasteiger partial charge is 0.347 e. The molecule has 0 radical (unpaired) electrons. The lowest BCUT2D eigenvalue weighted by Crippen LogP contribution is -2.25. The van der Waals surface area contributed by atoms with Gasteiger partial charge in [-0.15, -0.1) is 0 Å². The van der Waals surface area contributed by atoms with Crippen LogP contribution in [-0.2, 0) is 9.47 Å². The Morgan fingerprint density at radius 2 is 2.10 bits per heavy atom. The van der Waals surface area contributed by atoms with Crippen molar-refractivity contribution in [3.63, 3.8) is 0 Å². The second-order valence-corrected chi connectivity index (χ2v) is 3.04. The molecule has 2 nitrogen and oxygen atoms in total. The molecule has 0 saturated carbocycles. The van der Waals surface area contributed by atoms with E-state index in [1.54, 1.807) is 0 Å². The third-order valence-corrected chi connectivity index (χ3v) is 2.12. The molecule has 2 aliphatic rings. The Hall–Kier alpha value is -0.340. The second-order valence-electron chi connectivity index (χ2n) is 3.04. The molecule has 0 aromatic rings. The summed E-state index contributed by atoms with van der Waals surface area (Å²) < 4.78 is 11.0. The van der Waals surface area contributed by atoms with Gasteiger partial charge in [-0.25, -0.2) is 0 Å². The first kappa shape index (κ1) is 6.38. The van der Waals surface area contributed by atoms with Gasteiger partial charge in [-0.2, -0.15) is 0 Å². The molecular weight excluding hydrogens is 128 g/mol. The fourth-order valence-corrected chi connectivity index (χ4v) is 1.62. The van der Waals surface area contributed by atoms with E-state index in [-0.39, 0.29) is 5.79 Å². The van der Waals surface area contributed by atoms with Crippen LogP contribution < -0.4 is 0 Å². The summed E-state index contributed by atoms with van der Waals surface area (Å²) >= 11 is 0. The lowest BCUT2D eigenvalue weighted by molar-refractivity contribution is -0.146. The van der Waals surface area contributed by atoms with Gasteiger partial charge in [0.2, 0.25) is 0 Å². The van der Waals surface area contributed by atoms with Crippen LogP contribution in [0.25, 0.3) is 0 Å². The molecule has 2 rings (SSSR count). The SMILES string of the molecule is CC1=CCC2(C1)OCCO2. The minimum absolute atomic E-state index is 0.232. The van der Waals surface area contributed by atoms with Gasteiger partial charge < -0.3 is 9.47 Å². The number of rotatable bonds is 0. The highest BCUT2D eigenvalue weighted by Crippen LogP contribution is 2.36. The van der Waals surface area contributed by atoms with Gasteiger partial charge in [0, 0.05) is 12.8 Å². The predicted molar refractivity (Wildman–Crippen MR) is 37.6 cm³/mol. The van der Waals surface area contributed by atoms with Crippen molar-refractivity contribution >= 4 is 0 Å². The summed E-state index contributed by atoms with van der Waals surface area (Å²) in [5.74, 6) is -0.232. The van der Waals surface area contributed by atoms with Crippen LogP contribution in [0.15, 0.2) is 11.6 Å². The Morgan fingerprint density at radius 1 is 1.40 bits per heavy atom. The summed E-state index contributed by atoms with van der Waals surface area (Å²) in [6, 6.07) is 0. The first-order valence-corrected chi connectivity index (χ1v) is 3.74. The van der Waals surface area contributed by atoms with Gasteiger partial charge in [0.15, 0.2) is 5.79 Å². The summed E-state index contributed by atoms with van der Waals surface area (Å²) in [5.41, 5.74) is 1.39. The van der Waals surface area contributed by atoms with Crippen molar-refractivity contribution in [2.45, 2.75) is 25.6 Å². The average molecular weight is 140 g/mol. The maximum absolute atomic E-state index is 5.50. The summed E-state index contributed by atoms with van der Waals surface area (Å²) in [7, 11) is 0. The normalized spacial score (nSPS) is 29.5. The average Bonchev–Trinajstić information content (AvgIpc) is 2.46. The molecule has 1 fully saturated rings. The van der Waals surface area contributed by atoms with Crippen molar-refractivity contribution in [3.8, 4) is 0 Å². The highest BCUT2D eigenvalue weighted by atomic mass is 16.7. The number of ether oxygens (including phenoxy) is 2. The Bertz CT molecular complexity index is 166. The summed E-state index contributed by atoms with van der Waals surface area (Å²) in [5, 5.41) is 0. The van der Waals surface area contributed by atoms with E-state index in [1.807, 2.05) is 0 Å². The Morgan fingerprint density at radius 3 is 2.60 bits per heavy atom. The third-order valence-electron chi connectivity index (χ3n) is 2.12. The minimum atomic E-state index is -0.232. The molecule has 1 aliphatic heterocycles. The maximum Gasteiger partial charge on any atom is 0.175 e. The molecule has 56 valence electrons. The fraction of sp³-hybridized carbons (Fsp3) is 0.750. The summed E-state index contributed by atoms with van der Waals surface area (Å²) in [6.45, 7) is 3.65. The number of hydrogen-bond donors (Lipinski definition) is 0. The third kappa shape index (κ3) is 0.879. The first-order valence-electron chi connectivity index (χ1n) is 3.74. The fourth-order valence-electron chi connectivity index (χ4n) is 1.62. The Labute approximate surface area is 60.8 Å². The zero-order chi connectivity index (χ0) is 7.03. The molecule has 0 amide bonds. The highest BCUT2D eigenvalue weighted by molar-refractivity contribution is 5.11. The van der Waals surface area contributed by atoms with Gasteiger partial charge in [0.1, 0.15) is 0 Å². The van der Waals surface area contributed by atoms with E-state index in [4.69, 9.17) is 9.47 Å². The molecule has 1 saturated heterocycles. The lowest BCUT2D eigenvalue weighted by atomic mass is 10.2. The van der Waals surface area contributed by atoms with E-state index in [0.717, 1.165) is 26.1 Å². The standard InChI is InChI=1S/C8H12O2/c1-7-2-3-8(6-7)9-4-5-10-8/h2H,3-6H2,1H3. The molecule has 0 atom stereocenters. The Balaban J connectivity index is 2.07. The van der Waals surface area contributed by atoms with Crippen molar-refractivity contribution in [2.24, 2.45) is 0 Å². The van der Waals surface area contributed by atoms with Crippen LogP contribution >= 0.6 is 0 Å². The molecule has 0 aromatic carbocycles. The monoisotopic (exact) mass is 140 g/mol. The van der Waals surface area contributed by atoms with Gasteiger partial charge in [-0.05, 0) is 6.92 Å². The van der Waals surface area contributed by atoms with Gasteiger partial charge in [-0.3, -0.25) is 0 Å². The summed E-state index contributed by atoms with van der Waals surface area (Å²) in [4.78, 5) is 0. The van der Waals surface area contributed by atoms with Crippen LogP contribution in [0.4, 0.5) is 0 Å². The zero-order valence-electron chi connectivity index (χ0n) is 6.22. The van der Waals surface area contributed by atoms with Gasteiger partial charge in [0.25, 0.3) is 0 Å². The van der Waals surface area contributed by atoms with Crippen molar-refractivity contribution in [1.29, 1.82) is 0 Å². The van der Waals surface area contributed by atoms with Gasteiger partial charge >= 0.3 is 0 Å². The molecule has 0 N–H and O–H groups in total. The Kier molecular flexibility index (Phi) is 1.32. The molecule has 10 heavy (non-hydrogen) atoms. The molecule has 1 spiro atoms. The molecular formula is C8H12O2. The molecule has 1 aliphatic carbocycles. The van der Waals surface area contributed by atoms with E-state index in [0.29, 0.717) is 0 Å². The highest BCUT2D eigenvalue weighted by Gasteiger charge is 2.38. The number of hydrogen-bond acceptors (Lipinski definition) is 2. The van der Waals surface area contributed by atoms with Crippen molar-refractivity contribution in [2.75, 3.05) is 13.2 Å². The van der Waals surface area contributed by atoms with E-state index >= 15 is 0 Å². The van der Waals surface area contributed by atoms with E-state index < -0.39 is 0 Å². The molecule has 2 heteroatoms. The quantitative estimate of drug-likeness (QED) is 0.474. The van der Waals surface area contributed by atoms with E-state index in [1.165, 1.54) is 5.57 Å². The van der Waals surface area contributed by atoms with Crippen molar-refractivity contribution in [3.05, 3.63) is 11.6 Å². The van der Waals surface area contributed by atoms with E-state index in [9.17, 15) is 0 Å². The molecule has 0 bridgehead atoms. The predicted octanol–water partition coefficient (Wildman–Crippen LogP) is 1.47. The molecule has 0 unspecified atom stereocenters. The zero-order valence-corrected chi connectivity index (χ0v) is 6.22. The topological polar surface area (TPSA) is 18.5 Å². The van der Waals surface area contributed by atoms with E-state index in [2.05, 4.69) is 13.0 Å². The van der Waals surface area contributed by atoms with Crippen LogP contribution in [0, 0.1) is 0 Å². The van der Waals surface area contributed by atoms with Crippen molar-refractivity contribution in [1.82, 2.24) is 0 Å². The minimum Gasteiger partial charge on any atom is -0.347 e.